The summed E-state index contributed by atoms with van der Waals surface area (Å²) in [6.45, 7) is 2.16. The summed E-state index contributed by atoms with van der Waals surface area (Å²) in [4.78, 5) is 13.6. The lowest BCUT2D eigenvalue weighted by molar-refractivity contribution is 0.495. The fraction of sp³-hybridized carbons (Fsp3) is 0.190. The Morgan fingerprint density at radius 2 is 1.85 bits per heavy atom. The largest absolute Gasteiger partial charge is 0.469 e. The smallest absolute Gasteiger partial charge is 0.162 e. The number of para-hydroxylation sites is 1. The van der Waals surface area contributed by atoms with E-state index in [9.17, 15) is 0 Å². The molecule has 5 nitrogen and oxygen atoms in total. The van der Waals surface area contributed by atoms with Crippen LogP contribution in [0, 0.1) is 0 Å². The van der Waals surface area contributed by atoms with Crippen molar-refractivity contribution in [3.63, 3.8) is 0 Å². The minimum atomic E-state index is 0.253. The first kappa shape index (κ1) is 16.3. The van der Waals surface area contributed by atoms with Crippen molar-refractivity contribution in [2.45, 2.75) is 25.8 Å². The summed E-state index contributed by atoms with van der Waals surface area (Å²) >= 11 is 0. The number of furan rings is 1. The molecule has 0 spiro atoms. The van der Waals surface area contributed by atoms with Crippen molar-refractivity contribution in [2.75, 3.05) is 5.32 Å². The van der Waals surface area contributed by atoms with Crippen molar-refractivity contribution in [1.29, 1.82) is 0 Å². The summed E-state index contributed by atoms with van der Waals surface area (Å²) in [5.41, 5.74) is 1.88. The quantitative estimate of drug-likeness (QED) is 0.548. The number of hydrogen-bond acceptors (Lipinski definition) is 5. The Morgan fingerprint density at radius 1 is 1.00 bits per heavy atom. The molecule has 0 aliphatic carbocycles. The van der Waals surface area contributed by atoms with Gasteiger partial charge in [0, 0.05) is 35.8 Å². The molecule has 3 aromatic heterocycles. The molecule has 26 heavy (non-hydrogen) atoms. The standard InChI is InChI=1S/C21H20N4O/c1-15(8-9-17-5-4-14-26-17)23-21-18-6-2-3-7-19(18)24-20(25-21)16-10-12-22-13-11-16/h2-7,10-15H,8-9H2,1H3,(H,23,24,25). The summed E-state index contributed by atoms with van der Waals surface area (Å²) in [5.74, 6) is 2.56. The van der Waals surface area contributed by atoms with Gasteiger partial charge in [-0.1, -0.05) is 12.1 Å². The second-order valence-corrected chi connectivity index (χ2v) is 6.31. The molecule has 1 N–H and O–H groups in total. The Morgan fingerprint density at radius 3 is 2.65 bits per heavy atom. The van der Waals surface area contributed by atoms with Gasteiger partial charge in [0.05, 0.1) is 11.8 Å². The Kier molecular flexibility index (Phi) is 4.60. The highest BCUT2D eigenvalue weighted by molar-refractivity contribution is 5.90. The molecule has 0 aliphatic heterocycles. The summed E-state index contributed by atoms with van der Waals surface area (Å²) in [6.07, 6.45) is 7.07. The van der Waals surface area contributed by atoms with E-state index in [4.69, 9.17) is 14.4 Å². The molecule has 1 unspecified atom stereocenters. The van der Waals surface area contributed by atoms with Crippen molar-refractivity contribution in [3.05, 3.63) is 72.9 Å². The van der Waals surface area contributed by atoms with Gasteiger partial charge in [0.25, 0.3) is 0 Å². The molecule has 1 atom stereocenters. The Balaban J connectivity index is 1.62. The van der Waals surface area contributed by atoms with Crippen LogP contribution < -0.4 is 5.32 Å². The van der Waals surface area contributed by atoms with E-state index >= 15 is 0 Å². The summed E-state index contributed by atoms with van der Waals surface area (Å²) in [5, 5.41) is 4.57. The molecule has 0 radical (unpaired) electrons. The molecule has 0 aliphatic rings. The van der Waals surface area contributed by atoms with Gasteiger partial charge >= 0.3 is 0 Å². The zero-order valence-corrected chi connectivity index (χ0v) is 14.6. The lowest BCUT2D eigenvalue weighted by atomic mass is 10.1. The summed E-state index contributed by atoms with van der Waals surface area (Å²) < 4.78 is 5.42. The monoisotopic (exact) mass is 344 g/mol. The van der Waals surface area contributed by atoms with Crippen LogP contribution in [0.25, 0.3) is 22.3 Å². The molecule has 5 heteroatoms. The molecule has 130 valence electrons. The number of rotatable bonds is 6. The number of nitrogens with one attached hydrogen (secondary N) is 1. The van der Waals surface area contributed by atoms with E-state index in [2.05, 4.69) is 17.2 Å². The first-order chi connectivity index (χ1) is 12.8. The van der Waals surface area contributed by atoms with Crippen molar-refractivity contribution in [3.8, 4) is 11.4 Å². The molecular weight excluding hydrogens is 324 g/mol. The van der Waals surface area contributed by atoms with Crippen LogP contribution in [0.2, 0.25) is 0 Å². The van der Waals surface area contributed by atoms with E-state index in [0.717, 1.165) is 40.9 Å². The van der Waals surface area contributed by atoms with Gasteiger partial charge in [0.15, 0.2) is 5.82 Å². The Hall–Kier alpha value is -3.21. The molecule has 0 amide bonds. The lowest BCUT2D eigenvalue weighted by Crippen LogP contribution is -2.17. The minimum Gasteiger partial charge on any atom is -0.469 e. The molecule has 4 aromatic rings. The highest BCUT2D eigenvalue weighted by atomic mass is 16.3. The van der Waals surface area contributed by atoms with Gasteiger partial charge in [-0.05, 0) is 49.7 Å². The normalized spacial score (nSPS) is 12.2. The van der Waals surface area contributed by atoms with Gasteiger partial charge < -0.3 is 9.73 Å². The molecular formula is C21H20N4O. The molecule has 0 saturated heterocycles. The second-order valence-electron chi connectivity index (χ2n) is 6.31. The SMILES string of the molecule is CC(CCc1ccco1)Nc1nc(-c2ccncc2)nc2ccccc12. The molecule has 1 aromatic carbocycles. The van der Waals surface area contributed by atoms with Crippen molar-refractivity contribution >= 4 is 16.7 Å². The molecule has 0 fully saturated rings. The first-order valence-electron chi connectivity index (χ1n) is 8.76. The van der Waals surface area contributed by atoms with Crippen LogP contribution in [0.5, 0.6) is 0 Å². The maximum absolute atomic E-state index is 5.42. The maximum atomic E-state index is 5.42. The predicted molar refractivity (Wildman–Crippen MR) is 103 cm³/mol. The van der Waals surface area contributed by atoms with Crippen molar-refractivity contribution < 1.29 is 4.42 Å². The minimum absolute atomic E-state index is 0.253. The van der Waals surface area contributed by atoms with Gasteiger partial charge in [-0.3, -0.25) is 4.98 Å². The number of pyridine rings is 1. The summed E-state index contributed by atoms with van der Waals surface area (Å²) in [6, 6.07) is 16.1. The average Bonchev–Trinajstić information content (AvgIpc) is 3.21. The van der Waals surface area contributed by atoms with Crippen LogP contribution in [0.1, 0.15) is 19.1 Å². The third-order valence-electron chi connectivity index (χ3n) is 4.33. The zero-order chi connectivity index (χ0) is 17.8. The second kappa shape index (κ2) is 7.35. The van der Waals surface area contributed by atoms with E-state index < -0.39 is 0 Å². The Labute approximate surface area is 152 Å². The predicted octanol–water partition coefficient (Wildman–Crippen LogP) is 4.72. The maximum Gasteiger partial charge on any atom is 0.162 e. The molecule has 3 heterocycles. The number of nitrogens with zero attached hydrogens (tertiary/aromatic N) is 3. The third-order valence-corrected chi connectivity index (χ3v) is 4.33. The average molecular weight is 344 g/mol. The van der Waals surface area contributed by atoms with Gasteiger partial charge in [-0.2, -0.15) is 0 Å². The van der Waals surface area contributed by atoms with Crippen LogP contribution >= 0.6 is 0 Å². The fourth-order valence-electron chi connectivity index (χ4n) is 2.94. The van der Waals surface area contributed by atoms with E-state index in [0.29, 0.717) is 5.82 Å². The number of aromatic nitrogens is 3. The number of anilines is 1. The zero-order valence-electron chi connectivity index (χ0n) is 14.6. The lowest BCUT2D eigenvalue weighted by Gasteiger charge is -2.16. The van der Waals surface area contributed by atoms with E-state index in [1.807, 2.05) is 48.5 Å². The van der Waals surface area contributed by atoms with Crippen LogP contribution in [-0.2, 0) is 6.42 Å². The third kappa shape index (κ3) is 3.57. The van der Waals surface area contributed by atoms with Crippen LogP contribution in [0.15, 0.2) is 71.6 Å². The summed E-state index contributed by atoms with van der Waals surface area (Å²) in [7, 11) is 0. The molecule has 0 saturated carbocycles. The highest BCUT2D eigenvalue weighted by Gasteiger charge is 2.12. The van der Waals surface area contributed by atoms with Gasteiger partial charge in [-0.25, -0.2) is 9.97 Å². The van der Waals surface area contributed by atoms with Crippen LogP contribution in [-0.4, -0.2) is 21.0 Å². The number of hydrogen-bond donors (Lipinski definition) is 1. The van der Waals surface area contributed by atoms with E-state index in [-0.39, 0.29) is 6.04 Å². The van der Waals surface area contributed by atoms with E-state index in [1.165, 1.54) is 0 Å². The molecule has 0 bridgehead atoms. The van der Waals surface area contributed by atoms with Gasteiger partial charge in [-0.15, -0.1) is 0 Å². The van der Waals surface area contributed by atoms with Crippen molar-refractivity contribution in [1.82, 2.24) is 15.0 Å². The topological polar surface area (TPSA) is 63.8 Å². The fourth-order valence-corrected chi connectivity index (χ4v) is 2.94. The number of fused-ring (bicyclic) bond motifs is 1. The van der Waals surface area contributed by atoms with Gasteiger partial charge in [0.1, 0.15) is 11.6 Å². The Bertz CT molecular complexity index is 984. The van der Waals surface area contributed by atoms with Crippen molar-refractivity contribution in [2.24, 2.45) is 0 Å². The molecule has 4 rings (SSSR count). The number of aryl methyl sites for hydroxylation is 1. The van der Waals surface area contributed by atoms with Crippen LogP contribution in [0.4, 0.5) is 5.82 Å². The highest BCUT2D eigenvalue weighted by Crippen LogP contribution is 2.25. The van der Waals surface area contributed by atoms with Crippen LogP contribution in [0.3, 0.4) is 0 Å². The van der Waals surface area contributed by atoms with Gasteiger partial charge in [0.2, 0.25) is 0 Å². The number of benzene rings is 1. The van der Waals surface area contributed by atoms with E-state index in [1.54, 1.807) is 18.7 Å². The first-order valence-corrected chi connectivity index (χ1v) is 8.76.